The van der Waals surface area contributed by atoms with Crippen molar-refractivity contribution in [2.45, 2.75) is 13.2 Å². The molecule has 5 heteroatoms. The lowest BCUT2D eigenvalue weighted by Gasteiger charge is -2.05. The number of benzene rings is 1. The van der Waals surface area contributed by atoms with Crippen molar-refractivity contribution in [2.75, 3.05) is 0 Å². The summed E-state index contributed by atoms with van der Waals surface area (Å²) in [6.45, 7) is 0.0122. The molecule has 5 nitrogen and oxygen atoms in total. The zero-order valence-electron chi connectivity index (χ0n) is 9.09. The predicted octanol–water partition coefficient (Wildman–Crippen LogP) is 0.841. The number of aromatic amines is 1. The van der Waals surface area contributed by atoms with Crippen LogP contribution in [0.25, 0.3) is 0 Å². The van der Waals surface area contributed by atoms with E-state index in [9.17, 15) is 4.79 Å². The number of aliphatic hydroxyl groups excluding tert-OH is 1. The molecule has 2 N–H and O–H groups in total. The van der Waals surface area contributed by atoms with Gasteiger partial charge in [-0.1, -0.05) is 30.3 Å². The Hall–Kier alpha value is -2.14. The highest BCUT2D eigenvalue weighted by molar-refractivity contribution is 5.17. The third-order valence-electron chi connectivity index (χ3n) is 2.21. The van der Waals surface area contributed by atoms with Gasteiger partial charge in [0, 0.05) is 0 Å². The van der Waals surface area contributed by atoms with Crippen LogP contribution in [0.2, 0.25) is 0 Å². The fourth-order valence-electron chi connectivity index (χ4n) is 1.34. The predicted molar refractivity (Wildman–Crippen MR) is 61.6 cm³/mol. The average molecular weight is 232 g/mol. The van der Waals surface area contributed by atoms with Crippen molar-refractivity contribution in [1.29, 1.82) is 0 Å². The molecule has 0 bridgehead atoms. The van der Waals surface area contributed by atoms with Crippen LogP contribution in [-0.2, 0) is 13.2 Å². The molecule has 1 heterocycles. The van der Waals surface area contributed by atoms with Crippen LogP contribution in [0.4, 0.5) is 0 Å². The summed E-state index contributed by atoms with van der Waals surface area (Å²) in [4.78, 5) is 17.7. The van der Waals surface area contributed by atoms with Gasteiger partial charge in [0.25, 0.3) is 5.56 Å². The Balaban J connectivity index is 2.07. The number of aliphatic hydroxyl groups is 1. The van der Waals surface area contributed by atoms with Crippen LogP contribution in [0.15, 0.2) is 41.3 Å². The number of nitrogens with one attached hydrogen (secondary N) is 1. The van der Waals surface area contributed by atoms with Gasteiger partial charge in [0.05, 0.1) is 6.20 Å². The lowest BCUT2D eigenvalue weighted by Crippen LogP contribution is -2.14. The van der Waals surface area contributed by atoms with Crippen LogP contribution in [0.3, 0.4) is 0 Å². The fourth-order valence-corrected chi connectivity index (χ4v) is 1.34. The van der Waals surface area contributed by atoms with E-state index >= 15 is 0 Å². The first-order valence-corrected chi connectivity index (χ1v) is 5.15. The molecule has 0 atom stereocenters. The highest BCUT2D eigenvalue weighted by Crippen LogP contribution is 2.05. The third-order valence-corrected chi connectivity index (χ3v) is 2.21. The van der Waals surface area contributed by atoms with Crippen molar-refractivity contribution in [3.8, 4) is 5.75 Å². The quantitative estimate of drug-likeness (QED) is 0.819. The molecule has 1 aromatic heterocycles. The number of aromatic nitrogens is 2. The molecule has 0 aliphatic rings. The fraction of sp³-hybridized carbons (Fsp3) is 0.167. The van der Waals surface area contributed by atoms with E-state index in [2.05, 4.69) is 9.97 Å². The van der Waals surface area contributed by atoms with Gasteiger partial charge in [-0.3, -0.25) is 4.79 Å². The number of H-pyrrole nitrogens is 1. The summed E-state index contributed by atoms with van der Waals surface area (Å²) >= 11 is 0. The lowest BCUT2D eigenvalue weighted by atomic mass is 10.2. The maximum Gasteiger partial charge on any atom is 0.293 e. The number of nitrogens with zero attached hydrogens (tertiary/aromatic N) is 1. The van der Waals surface area contributed by atoms with Crippen molar-refractivity contribution in [2.24, 2.45) is 0 Å². The maximum absolute atomic E-state index is 11.5. The van der Waals surface area contributed by atoms with Gasteiger partial charge in [-0.25, -0.2) is 4.98 Å². The molecular formula is C12H12N2O3. The number of ether oxygens (including phenoxy) is 1. The van der Waals surface area contributed by atoms with Crippen molar-refractivity contribution < 1.29 is 9.84 Å². The molecule has 2 rings (SSSR count). The number of hydrogen-bond acceptors (Lipinski definition) is 4. The minimum atomic E-state index is -0.389. The molecule has 0 spiro atoms. The molecular weight excluding hydrogens is 220 g/mol. The second-order valence-electron chi connectivity index (χ2n) is 3.46. The summed E-state index contributed by atoms with van der Waals surface area (Å²) in [7, 11) is 0. The Morgan fingerprint density at radius 3 is 2.71 bits per heavy atom. The van der Waals surface area contributed by atoms with E-state index < -0.39 is 0 Å². The molecule has 1 aromatic carbocycles. The van der Waals surface area contributed by atoms with Crippen LogP contribution in [0.5, 0.6) is 5.75 Å². The van der Waals surface area contributed by atoms with E-state index in [1.807, 2.05) is 30.3 Å². The highest BCUT2D eigenvalue weighted by Gasteiger charge is 2.03. The summed E-state index contributed by atoms with van der Waals surface area (Å²) in [5, 5.41) is 8.79. The Bertz CT molecular complexity index is 537. The summed E-state index contributed by atoms with van der Waals surface area (Å²) in [6.07, 6.45) is 1.31. The molecule has 0 saturated heterocycles. The van der Waals surface area contributed by atoms with Crippen LogP contribution >= 0.6 is 0 Å². The SMILES string of the molecule is O=c1[nH]c(CO)ncc1OCc1ccccc1. The highest BCUT2D eigenvalue weighted by atomic mass is 16.5. The summed E-state index contributed by atoms with van der Waals surface area (Å²) in [6, 6.07) is 9.52. The Kier molecular flexibility index (Phi) is 3.52. The molecule has 0 aliphatic heterocycles. The van der Waals surface area contributed by atoms with E-state index in [1.165, 1.54) is 6.20 Å². The van der Waals surface area contributed by atoms with Crippen molar-refractivity contribution in [3.63, 3.8) is 0 Å². The van der Waals surface area contributed by atoms with Gasteiger partial charge in [-0.15, -0.1) is 0 Å². The van der Waals surface area contributed by atoms with Gasteiger partial charge in [-0.2, -0.15) is 0 Å². The maximum atomic E-state index is 11.5. The second kappa shape index (κ2) is 5.27. The summed E-state index contributed by atoms with van der Waals surface area (Å²) < 4.78 is 5.33. The molecule has 0 radical (unpaired) electrons. The average Bonchev–Trinajstić information content (AvgIpc) is 2.38. The van der Waals surface area contributed by atoms with E-state index in [0.29, 0.717) is 6.61 Å². The zero-order valence-corrected chi connectivity index (χ0v) is 9.09. The second-order valence-corrected chi connectivity index (χ2v) is 3.46. The van der Waals surface area contributed by atoms with E-state index in [1.54, 1.807) is 0 Å². The molecule has 0 fully saturated rings. The third kappa shape index (κ3) is 2.92. The summed E-state index contributed by atoms with van der Waals surface area (Å²) in [5.41, 5.74) is 0.582. The molecule has 0 unspecified atom stereocenters. The van der Waals surface area contributed by atoms with Gasteiger partial charge in [0.15, 0.2) is 0 Å². The smallest absolute Gasteiger partial charge is 0.293 e. The molecule has 88 valence electrons. The van der Waals surface area contributed by atoms with E-state index in [-0.39, 0.29) is 23.7 Å². The van der Waals surface area contributed by atoms with Crippen LogP contribution in [0, 0.1) is 0 Å². The number of hydrogen-bond donors (Lipinski definition) is 2. The van der Waals surface area contributed by atoms with Gasteiger partial charge < -0.3 is 14.8 Å². The molecule has 17 heavy (non-hydrogen) atoms. The minimum Gasteiger partial charge on any atom is -0.482 e. The van der Waals surface area contributed by atoms with Gasteiger partial charge in [0.2, 0.25) is 5.75 Å². The van der Waals surface area contributed by atoms with E-state index in [0.717, 1.165) is 5.56 Å². The number of rotatable bonds is 4. The van der Waals surface area contributed by atoms with E-state index in [4.69, 9.17) is 9.84 Å². The first kappa shape index (κ1) is 11.3. The lowest BCUT2D eigenvalue weighted by molar-refractivity contribution is 0.267. The molecule has 0 aliphatic carbocycles. The van der Waals surface area contributed by atoms with Crippen LogP contribution in [0.1, 0.15) is 11.4 Å². The van der Waals surface area contributed by atoms with Gasteiger partial charge in [0.1, 0.15) is 19.0 Å². The summed E-state index contributed by atoms with van der Waals surface area (Å²) in [5.74, 6) is 0.369. The topological polar surface area (TPSA) is 75.2 Å². The van der Waals surface area contributed by atoms with Crippen LogP contribution in [-0.4, -0.2) is 15.1 Å². The normalized spacial score (nSPS) is 10.2. The van der Waals surface area contributed by atoms with Crippen LogP contribution < -0.4 is 10.3 Å². The van der Waals surface area contributed by atoms with Gasteiger partial charge in [-0.05, 0) is 5.56 Å². The largest absolute Gasteiger partial charge is 0.482 e. The molecule has 2 aromatic rings. The van der Waals surface area contributed by atoms with Crippen molar-refractivity contribution >= 4 is 0 Å². The Morgan fingerprint density at radius 1 is 1.29 bits per heavy atom. The van der Waals surface area contributed by atoms with Gasteiger partial charge >= 0.3 is 0 Å². The monoisotopic (exact) mass is 232 g/mol. The first-order valence-electron chi connectivity index (χ1n) is 5.15. The Morgan fingerprint density at radius 2 is 2.06 bits per heavy atom. The zero-order chi connectivity index (χ0) is 12.1. The molecule has 0 amide bonds. The minimum absolute atomic E-state index is 0.144. The van der Waals surface area contributed by atoms with Crippen molar-refractivity contribution in [3.05, 3.63) is 58.3 Å². The first-order chi connectivity index (χ1) is 8.29. The molecule has 0 saturated carbocycles. The Labute approximate surface area is 97.7 Å². The standard InChI is InChI=1S/C12H12N2O3/c15-7-11-13-6-10(12(16)14-11)17-8-9-4-2-1-3-5-9/h1-6,15H,7-8H2,(H,13,14,16). The van der Waals surface area contributed by atoms with Crippen molar-refractivity contribution in [1.82, 2.24) is 9.97 Å².